The maximum Gasteiger partial charge on any atom is 0.262 e. The van der Waals surface area contributed by atoms with E-state index in [1.54, 1.807) is 31.2 Å². The van der Waals surface area contributed by atoms with Crippen LogP contribution in [0.15, 0.2) is 51.9 Å². The molecule has 1 amide bonds. The van der Waals surface area contributed by atoms with Crippen LogP contribution < -0.4 is 10.1 Å². The lowest BCUT2D eigenvalue weighted by Crippen LogP contribution is -2.27. The Morgan fingerprint density at radius 2 is 1.86 bits per heavy atom. The van der Waals surface area contributed by atoms with Crippen molar-refractivity contribution in [3.05, 3.63) is 65.3 Å². The Labute approximate surface area is 205 Å². The molecule has 1 fully saturated rings. The van der Waals surface area contributed by atoms with Crippen LogP contribution in [0.2, 0.25) is 0 Å². The fourth-order valence-corrected chi connectivity index (χ4v) is 5.43. The molecule has 0 spiro atoms. The first-order chi connectivity index (χ1) is 16.7. The van der Waals surface area contributed by atoms with Gasteiger partial charge in [0.25, 0.3) is 5.91 Å². The van der Waals surface area contributed by atoms with Crippen LogP contribution in [0.3, 0.4) is 0 Å². The van der Waals surface area contributed by atoms with Gasteiger partial charge in [-0.2, -0.15) is 9.29 Å². The molecule has 0 bridgehead atoms. The van der Waals surface area contributed by atoms with Crippen LogP contribution in [0, 0.1) is 6.92 Å². The van der Waals surface area contributed by atoms with Crippen molar-refractivity contribution in [2.75, 3.05) is 25.0 Å². The Kier molecular flexibility index (Phi) is 7.51. The van der Waals surface area contributed by atoms with Gasteiger partial charge in [0.15, 0.2) is 12.4 Å². The average Bonchev–Trinajstić information content (AvgIpc) is 3.52. The van der Waals surface area contributed by atoms with Gasteiger partial charge in [0.05, 0.1) is 4.90 Å². The van der Waals surface area contributed by atoms with Crippen LogP contribution >= 0.6 is 0 Å². The third kappa shape index (κ3) is 6.07. The van der Waals surface area contributed by atoms with E-state index >= 15 is 0 Å². The lowest BCUT2D eigenvalue weighted by molar-refractivity contribution is -0.118. The first kappa shape index (κ1) is 24.9. The molecule has 9 nitrogen and oxygen atoms in total. The summed E-state index contributed by atoms with van der Waals surface area (Å²) in [6, 6.07) is 12.1. The molecule has 0 unspecified atom stereocenters. The number of benzene rings is 2. The number of nitrogens with zero attached hydrogens (tertiary/aromatic N) is 3. The summed E-state index contributed by atoms with van der Waals surface area (Å²) in [6.45, 7) is 6.67. The van der Waals surface area contributed by atoms with E-state index in [4.69, 9.17) is 9.26 Å². The maximum atomic E-state index is 12.7. The zero-order chi connectivity index (χ0) is 25.0. The molecular formula is C25H30N4O5S. The Morgan fingerprint density at radius 3 is 2.49 bits per heavy atom. The van der Waals surface area contributed by atoms with Crippen molar-refractivity contribution in [1.82, 2.24) is 14.4 Å². The van der Waals surface area contributed by atoms with Gasteiger partial charge >= 0.3 is 0 Å². The van der Waals surface area contributed by atoms with Crippen molar-refractivity contribution in [3.63, 3.8) is 0 Å². The van der Waals surface area contributed by atoms with E-state index in [-0.39, 0.29) is 23.3 Å². The van der Waals surface area contributed by atoms with E-state index < -0.39 is 10.0 Å². The second kappa shape index (κ2) is 10.6. The molecule has 1 saturated heterocycles. The summed E-state index contributed by atoms with van der Waals surface area (Å²) < 4.78 is 37.8. The van der Waals surface area contributed by atoms with Crippen molar-refractivity contribution in [2.24, 2.45) is 0 Å². The number of hydrogen-bond acceptors (Lipinski definition) is 7. The summed E-state index contributed by atoms with van der Waals surface area (Å²) in [5.74, 6) is 1.57. The van der Waals surface area contributed by atoms with E-state index in [1.807, 2.05) is 26.0 Å². The number of amides is 1. The molecule has 2 heterocycles. The monoisotopic (exact) mass is 498 g/mol. The average molecular weight is 499 g/mol. The Bertz CT molecular complexity index is 1280. The highest BCUT2D eigenvalue weighted by molar-refractivity contribution is 7.89. The number of hydrogen-bond donors (Lipinski definition) is 1. The molecule has 1 aromatic heterocycles. The SMILES string of the molecule is Cc1cc(S(=O)(=O)N2CCCC2)ccc1OCC(=O)Nc1ccc(Cc2noc(C(C)C)n2)cc1. The normalized spacial score (nSPS) is 14.4. The van der Waals surface area contributed by atoms with Gasteiger partial charge in [0.2, 0.25) is 15.9 Å². The highest BCUT2D eigenvalue weighted by atomic mass is 32.2. The summed E-state index contributed by atoms with van der Waals surface area (Å²) in [4.78, 5) is 17.0. The Hall–Kier alpha value is -3.24. The molecule has 186 valence electrons. The quantitative estimate of drug-likeness (QED) is 0.476. The number of rotatable bonds is 9. The highest BCUT2D eigenvalue weighted by Crippen LogP contribution is 2.26. The molecule has 1 aliphatic heterocycles. The molecule has 0 radical (unpaired) electrons. The number of nitrogens with one attached hydrogen (secondary N) is 1. The molecule has 1 aliphatic rings. The maximum absolute atomic E-state index is 12.7. The fraction of sp³-hybridized carbons (Fsp3) is 0.400. The Morgan fingerprint density at radius 1 is 1.14 bits per heavy atom. The topological polar surface area (TPSA) is 115 Å². The van der Waals surface area contributed by atoms with Crippen molar-refractivity contribution in [1.29, 1.82) is 0 Å². The van der Waals surface area contributed by atoms with E-state index in [2.05, 4.69) is 15.5 Å². The molecule has 2 aromatic carbocycles. The number of sulfonamides is 1. The Balaban J connectivity index is 1.30. The van der Waals surface area contributed by atoms with Crippen LogP contribution in [-0.2, 0) is 21.2 Å². The third-order valence-corrected chi connectivity index (χ3v) is 7.68. The first-order valence-corrected chi connectivity index (χ1v) is 13.1. The first-order valence-electron chi connectivity index (χ1n) is 11.7. The number of ether oxygens (including phenoxy) is 1. The summed E-state index contributed by atoms with van der Waals surface area (Å²) in [6.07, 6.45) is 2.31. The minimum absolute atomic E-state index is 0.181. The van der Waals surface area contributed by atoms with Crippen molar-refractivity contribution in [2.45, 2.75) is 50.8 Å². The number of anilines is 1. The lowest BCUT2D eigenvalue weighted by Gasteiger charge is -2.17. The van der Waals surface area contributed by atoms with Crippen molar-refractivity contribution in [3.8, 4) is 5.75 Å². The lowest BCUT2D eigenvalue weighted by atomic mass is 10.1. The predicted molar refractivity (Wildman–Crippen MR) is 131 cm³/mol. The fourth-order valence-electron chi connectivity index (χ4n) is 3.82. The van der Waals surface area contributed by atoms with Gasteiger partial charge in [-0.1, -0.05) is 31.1 Å². The molecule has 0 atom stereocenters. The molecule has 0 aliphatic carbocycles. The largest absolute Gasteiger partial charge is 0.483 e. The summed E-state index contributed by atoms with van der Waals surface area (Å²) in [5, 5.41) is 6.79. The smallest absolute Gasteiger partial charge is 0.262 e. The zero-order valence-corrected chi connectivity index (χ0v) is 21.0. The van der Waals surface area contributed by atoms with Gasteiger partial charge < -0.3 is 14.6 Å². The van der Waals surface area contributed by atoms with Crippen LogP contribution in [0.1, 0.15) is 55.4 Å². The molecule has 3 aromatic rings. The summed E-state index contributed by atoms with van der Waals surface area (Å²) in [7, 11) is -3.49. The summed E-state index contributed by atoms with van der Waals surface area (Å²) in [5.41, 5.74) is 2.29. The molecule has 35 heavy (non-hydrogen) atoms. The number of carbonyl (C=O) groups is 1. The predicted octanol–water partition coefficient (Wildman–Crippen LogP) is 3.89. The van der Waals surface area contributed by atoms with Gasteiger partial charge in [0.1, 0.15) is 5.75 Å². The zero-order valence-electron chi connectivity index (χ0n) is 20.2. The van der Waals surface area contributed by atoms with Gasteiger partial charge in [-0.3, -0.25) is 4.79 Å². The van der Waals surface area contributed by atoms with E-state index in [1.165, 1.54) is 10.4 Å². The van der Waals surface area contributed by atoms with Gasteiger partial charge in [-0.15, -0.1) is 0 Å². The van der Waals surface area contributed by atoms with E-state index in [0.29, 0.717) is 48.2 Å². The number of aromatic nitrogens is 2. The van der Waals surface area contributed by atoms with E-state index in [0.717, 1.165) is 18.4 Å². The minimum Gasteiger partial charge on any atom is -0.483 e. The van der Waals surface area contributed by atoms with Crippen LogP contribution in [0.5, 0.6) is 5.75 Å². The number of aryl methyl sites for hydroxylation is 1. The van der Waals surface area contributed by atoms with Crippen molar-refractivity contribution >= 4 is 21.6 Å². The highest BCUT2D eigenvalue weighted by Gasteiger charge is 2.27. The minimum atomic E-state index is -3.49. The second-order valence-electron chi connectivity index (χ2n) is 8.95. The van der Waals surface area contributed by atoms with Gasteiger partial charge in [-0.25, -0.2) is 8.42 Å². The molecule has 0 saturated carbocycles. The van der Waals surface area contributed by atoms with Crippen molar-refractivity contribution < 1.29 is 22.5 Å². The molecule has 1 N–H and O–H groups in total. The number of carbonyl (C=O) groups excluding carboxylic acids is 1. The van der Waals surface area contributed by atoms with Gasteiger partial charge in [0, 0.05) is 31.1 Å². The molecule has 10 heteroatoms. The third-order valence-electron chi connectivity index (χ3n) is 5.79. The molecule has 4 rings (SSSR count). The van der Waals surface area contributed by atoms with Crippen LogP contribution in [0.4, 0.5) is 5.69 Å². The standard InChI is InChI=1S/C25H30N4O5S/c1-17(2)25-27-23(28-34-25)15-19-6-8-20(9-7-19)26-24(30)16-33-22-11-10-21(14-18(22)3)35(31,32)29-12-4-5-13-29/h6-11,14,17H,4-5,12-13,15-16H2,1-3H3,(H,26,30). The second-order valence-corrected chi connectivity index (χ2v) is 10.9. The van der Waals surface area contributed by atoms with Crippen LogP contribution in [-0.4, -0.2) is 48.5 Å². The van der Waals surface area contributed by atoms with Crippen LogP contribution in [0.25, 0.3) is 0 Å². The summed E-state index contributed by atoms with van der Waals surface area (Å²) >= 11 is 0. The molecular weight excluding hydrogens is 468 g/mol. The van der Waals surface area contributed by atoms with E-state index in [9.17, 15) is 13.2 Å². The van der Waals surface area contributed by atoms with Gasteiger partial charge in [-0.05, 0) is 61.2 Å².